The topological polar surface area (TPSA) is 98.0 Å². The number of aromatic amines is 2. The van der Waals surface area contributed by atoms with Crippen LogP contribution in [-0.2, 0) is 0 Å². The molecular formula is C25H29FN8O. The van der Waals surface area contributed by atoms with Crippen molar-refractivity contribution in [2.24, 2.45) is 0 Å². The van der Waals surface area contributed by atoms with Crippen molar-refractivity contribution >= 4 is 28.4 Å². The van der Waals surface area contributed by atoms with Gasteiger partial charge in [-0.1, -0.05) is 6.42 Å². The maximum Gasteiger partial charge on any atom is 0.326 e. The van der Waals surface area contributed by atoms with E-state index in [9.17, 15) is 4.39 Å². The molecule has 6 rings (SSSR count). The Balaban J connectivity index is 1.31. The second kappa shape index (κ2) is 8.84. The van der Waals surface area contributed by atoms with Crippen LogP contribution in [0.2, 0.25) is 0 Å². The lowest BCUT2D eigenvalue weighted by Crippen LogP contribution is -2.44. The lowest BCUT2D eigenvalue weighted by Gasteiger charge is -2.33. The number of aromatic nitrogens is 5. The largest absolute Gasteiger partial charge is 0.421 e. The summed E-state index contributed by atoms with van der Waals surface area (Å²) in [5, 5.41) is 11.7. The van der Waals surface area contributed by atoms with E-state index in [4.69, 9.17) is 4.74 Å². The zero-order chi connectivity index (χ0) is 23.9. The maximum absolute atomic E-state index is 14.8. The second-order valence-electron chi connectivity index (χ2n) is 9.57. The number of H-pyrrole nitrogens is 2. The molecule has 0 amide bonds. The number of ether oxygens (including phenoxy) is 1. The van der Waals surface area contributed by atoms with Gasteiger partial charge >= 0.3 is 6.01 Å². The van der Waals surface area contributed by atoms with Gasteiger partial charge < -0.3 is 24.8 Å². The number of aryl methyl sites for hydroxylation is 1. The summed E-state index contributed by atoms with van der Waals surface area (Å²) in [7, 11) is 2.11. The first-order chi connectivity index (χ1) is 17.0. The van der Waals surface area contributed by atoms with Gasteiger partial charge in [-0.2, -0.15) is 15.1 Å². The summed E-state index contributed by atoms with van der Waals surface area (Å²) >= 11 is 0. The fourth-order valence-electron chi connectivity index (χ4n) is 4.64. The van der Waals surface area contributed by atoms with Crippen molar-refractivity contribution in [2.75, 3.05) is 43.4 Å². The second-order valence-corrected chi connectivity index (χ2v) is 9.57. The summed E-state index contributed by atoms with van der Waals surface area (Å²) < 4.78 is 20.7. The Morgan fingerprint density at radius 1 is 1.03 bits per heavy atom. The molecule has 1 saturated carbocycles. The van der Waals surface area contributed by atoms with Crippen LogP contribution in [0.3, 0.4) is 0 Å². The summed E-state index contributed by atoms with van der Waals surface area (Å²) in [4.78, 5) is 16.8. The van der Waals surface area contributed by atoms with Crippen molar-refractivity contribution in [2.45, 2.75) is 32.1 Å². The summed E-state index contributed by atoms with van der Waals surface area (Å²) in [6, 6.07) is 9.07. The SMILES string of the molecule is Cc1cc2cc(Oc3nc(Nc4cc(C5CCC5)[nH]n4)cc(N4CCN(C)CC4)n3)c(F)cc2[nH]1. The minimum Gasteiger partial charge on any atom is -0.421 e. The van der Waals surface area contributed by atoms with Crippen LogP contribution >= 0.6 is 0 Å². The molecule has 1 saturated heterocycles. The zero-order valence-corrected chi connectivity index (χ0v) is 19.9. The number of fused-ring (bicyclic) bond motifs is 1. The molecule has 3 N–H and O–H groups in total. The number of halogens is 1. The molecule has 1 aliphatic carbocycles. The molecule has 0 spiro atoms. The number of benzene rings is 1. The summed E-state index contributed by atoms with van der Waals surface area (Å²) in [6.07, 6.45) is 3.65. The number of hydrogen-bond donors (Lipinski definition) is 3. The van der Waals surface area contributed by atoms with E-state index in [0.717, 1.165) is 54.3 Å². The average molecular weight is 477 g/mol. The van der Waals surface area contributed by atoms with Gasteiger partial charge in [0.15, 0.2) is 17.4 Å². The molecule has 3 aromatic heterocycles. The predicted molar refractivity (Wildman–Crippen MR) is 133 cm³/mol. The van der Waals surface area contributed by atoms with Gasteiger partial charge in [0.05, 0.1) is 0 Å². The molecule has 1 aliphatic heterocycles. The standard InChI is InChI=1S/C25H29FN8O/c1-15-10-17-11-21(18(26)12-19(17)27-15)35-25-29-22(14-24(30-25)34-8-6-33(2)7-9-34)28-23-13-20(31-32-23)16-4-3-5-16/h10-14,16,27H,3-9H2,1-2H3,(H2,28,29,30,31,32). The first-order valence-corrected chi connectivity index (χ1v) is 12.1. The number of hydrogen-bond acceptors (Lipinski definition) is 7. The molecule has 4 aromatic rings. The normalized spacial score (nSPS) is 17.1. The molecule has 9 nitrogen and oxygen atoms in total. The summed E-state index contributed by atoms with van der Waals surface area (Å²) in [5.41, 5.74) is 2.82. The highest BCUT2D eigenvalue weighted by atomic mass is 19.1. The van der Waals surface area contributed by atoms with Crippen LogP contribution in [0.5, 0.6) is 11.8 Å². The fourth-order valence-corrected chi connectivity index (χ4v) is 4.64. The van der Waals surface area contributed by atoms with Crippen molar-refractivity contribution in [1.82, 2.24) is 30.0 Å². The molecule has 10 heteroatoms. The number of nitrogens with one attached hydrogen (secondary N) is 3. The lowest BCUT2D eigenvalue weighted by atomic mass is 9.83. The number of likely N-dealkylation sites (N-methyl/N-ethyl adjacent to an activating group) is 1. The van der Waals surface area contributed by atoms with Crippen LogP contribution in [0, 0.1) is 12.7 Å². The Labute approximate surface area is 202 Å². The molecule has 4 heterocycles. The molecule has 0 radical (unpaired) electrons. The van der Waals surface area contributed by atoms with Gasteiger partial charge in [0.25, 0.3) is 0 Å². The Bertz CT molecular complexity index is 1350. The molecule has 0 atom stereocenters. The van der Waals surface area contributed by atoms with Gasteiger partial charge in [0.2, 0.25) is 0 Å². The third-order valence-corrected chi connectivity index (χ3v) is 6.93. The van der Waals surface area contributed by atoms with E-state index >= 15 is 0 Å². The quantitative estimate of drug-likeness (QED) is 0.372. The minimum absolute atomic E-state index is 0.0872. The van der Waals surface area contributed by atoms with Gasteiger partial charge in [-0.3, -0.25) is 5.10 Å². The van der Waals surface area contributed by atoms with E-state index in [1.54, 1.807) is 6.07 Å². The Hall–Kier alpha value is -3.66. The third-order valence-electron chi connectivity index (χ3n) is 6.93. The minimum atomic E-state index is -0.472. The van der Waals surface area contributed by atoms with Gasteiger partial charge in [0, 0.05) is 72.6 Å². The highest BCUT2D eigenvalue weighted by Crippen LogP contribution is 2.36. The Morgan fingerprint density at radius 2 is 1.86 bits per heavy atom. The highest BCUT2D eigenvalue weighted by molar-refractivity contribution is 5.82. The van der Waals surface area contributed by atoms with Crippen LogP contribution in [0.15, 0.2) is 30.3 Å². The van der Waals surface area contributed by atoms with Crippen molar-refractivity contribution in [3.05, 3.63) is 47.5 Å². The van der Waals surface area contributed by atoms with E-state index in [0.29, 0.717) is 17.6 Å². The van der Waals surface area contributed by atoms with Crippen molar-refractivity contribution in [3.63, 3.8) is 0 Å². The summed E-state index contributed by atoms with van der Waals surface area (Å²) in [5.74, 6) is 2.15. The molecule has 2 fully saturated rings. The first kappa shape index (κ1) is 21.8. The smallest absolute Gasteiger partial charge is 0.326 e. The number of nitrogens with zero attached hydrogens (tertiary/aromatic N) is 5. The van der Waals surface area contributed by atoms with Gasteiger partial charge in [-0.25, -0.2) is 4.39 Å². The van der Waals surface area contributed by atoms with Gasteiger partial charge in [-0.05, 0) is 38.9 Å². The van der Waals surface area contributed by atoms with Crippen LogP contribution in [0.1, 0.15) is 36.6 Å². The van der Waals surface area contributed by atoms with E-state index in [2.05, 4.69) is 47.3 Å². The van der Waals surface area contributed by atoms with Crippen LogP contribution < -0.4 is 15.0 Å². The molecule has 182 valence electrons. The summed E-state index contributed by atoms with van der Waals surface area (Å²) in [6.45, 7) is 5.48. The van der Waals surface area contributed by atoms with E-state index in [1.165, 1.54) is 25.3 Å². The third kappa shape index (κ3) is 4.53. The molecular weight excluding hydrogens is 447 g/mol. The molecule has 0 bridgehead atoms. The number of piperazine rings is 1. The van der Waals surface area contributed by atoms with Crippen molar-refractivity contribution in [3.8, 4) is 11.8 Å². The lowest BCUT2D eigenvalue weighted by molar-refractivity contribution is 0.311. The van der Waals surface area contributed by atoms with Crippen molar-refractivity contribution in [1.29, 1.82) is 0 Å². The first-order valence-electron chi connectivity index (χ1n) is 12.1. The predicted octanol–water partition coefficient (Wildman–Crippen LogP) is 4.68. The van der Waals surface area contributed by atoms with Crippen LogP contribution in [0.25, 0.3) is 10.9 Å². The molecule has 1 aromatic carbocycles. The van der Waals surface area contributed by atoms with Crippen LogP contribution in [-0.4, -0.2) is 63.3 Å². The Kier molecular flexibility index (Phi) is 5.52. The monoisotopic (exact) mass is 476 g/mol. The van der Waals surface area contributed by atoms with E-state index in [-0.39, 0.29) is 11.8 Å². The van der Waals surface area contributed by atoms with Gasteiger partial charge in [-0.15, -0.1) is 0 Å². The molecule has 35 heavy (non-hydrogen) atoms. The highest BCUT2D eigenvalue weighted by Gasteiger charge is 2.22. The maximum atomic E-state index is 14.8. The van der Waals surface area contributed by atoms with E-state index < -0.39 is 5.82 Å². The van der Waals surface area contributed by atoms with Gasteiger partial charge in [0.1, 0.15) is 11.6 Å². The molecule has 0 unspecified atom stereocenters. The molecule has 2 aliphatic rings. The van der Waals surface area contributed by atoms with Crippen LogP contribution in [0.4, 0.5) is 21.8 Å². The zero-order valence-electron chi connectivity index (χ0n) is 19.9. The number of anilines is 3. The average Bonchev–Trinajstić information content (AvgIpc) is 3.38. The Morgan fingerprint density at radius 3 is 2.63 bits per heavy atom. The fraction of sp³-hybridized carbons (Fsp3) is 0.400. The van der Waals surface area contributed by atoms with Crippen molar-refractivity contribution < 1.29 is 9.13 Å². The van der Waals surface area contributed by atoms with E-state index in [1.807, 2.05) is 25.1 Å². The number of rotatable bonds is 6.